The summed E-state index contributed by atoms with van der Waals surface area (Å²) in [6.45, 7) is 1.35. The Morgan fingerprint density at radius 1 is 0.789 bits per heavy atom. The van der Waals surface area contributed by atoms with Crippen LogP contribution >= 0.6 is 0 Å². The second-order valence-electron chi connectivity index (χ2n) is 9.48. The SMILES string of the molecule is O=C(C[N+]1(CC(=O)OCc2ccccc2)CC1CCCc1ccc([N+](=O)[O-])cc1)OCc1ccccc1.[Br-]. The van der Waals surface area contributed by atoms with Crippen LogP contribution in [0.5, 0.6) is 0 Å². The average molecular weight is 583 g/mol. The number of aryl methyl sites for hydroxylation is 1. The van der Waals surface area contributed by atoms with Crippen molar-refractivity contribution in [2.75, 3.05) is 19.6 Å². The maximum absolute atomic E-state index is 12.7. The van der Waals surface area contributed by atoms with Crippen LogP contribution in [0, 0.1) is 10.1 Å². The van der Waals surface area contributed by atoms with Crippen LogP contribution in [0.15, 0.2) is 84.9 Å². The molecule has 1 saturated heterocycles. The molecule has 1 unspecified atom stereocenters. The zero-order chi connectivity index (χ0) is 26.1. The average Bonchev–Trinajstić information content (AvgIpc) is 3.58. The Bertz CT molecular complexity index is 1150. The smallest absolute Gasteiger partial charge is 0.362 e. The monoisotopic (exact) mass is 582 g/mol. The number of quaternary nitrogens is 1. The van der Waals surface area contributed by atoms with Crippen molar-refractivity contribution in [3.05, 3.63) is 112 Å². The lowest BCUT2D eigenvalue weighted by Gasteiger charge is -2.19. The van der Waals surface area contributed by atoms with E-state index in [1.54, 1.807) is 12.1 Å². The molecule has 0 bridgehead atoms. The van der Waals surface area contributed by atoms with E-state index >= 15 is 0 Å². The van der Waals surface area contributed by atoms with E-state index in [-0.39, 0.29) is 67.0 Å². The zero-order valence-corrected chi connectivity index (χ0v) is 22.6. The second-order valence-corrected chi connectivity index (χ2v) is 9.48. The predicted molar refractivity (Wildman–Crippen MR) is 137 cm³/mol. The van der Waals surface area contributed by atoms with E-state index in [1.165, 1.54) is 12.1 Å². The third kappa shape index (κ3) is 8.49. The summed E-state index contributed by atoms with van der Waals surface area (Å²) >= 11 is 0. The second kappa shape index (κ2) is 13.8. The number of ether oxygens (including phenoxy) is 2. The van der Waals surface area contributed by atoms with Crippen molar-refractivity contribution in [1.29, 1.82) is 0 Å². The summed E-state index contributed by atoms with van der Waals surface area (Å²) in [5.74, 6) is -0.671. The molecule has 4 rings (SSSR count). The molecule has 3 aromatic carbocycles. The molecule has 3 aromatic rings. The summed E-state index contributed by atoms with van der Waals surface area (Å²) in [7, 11) is 0. The highest BCUT2D eigenvalue weighted by atomic mass is 79.9. The van der Waals surface area contributed by atoms with Gasteiger partial charge in [-0.3, -0.25) is 14.6 Å². The predicted octanol–water partition coefficient (Wildman–Crippen LogP) is 1.61. The van der Waals surface area contributed by atoms with Crippen molar-refractivity contribution < 1.29 is 45.5 Å². The molecule has 1 heterocycles. The number of carbonyl (C=O) groups excluding carboxylic acids is 2. The minimum absolute atomic E-state index is 0. The molecule has 8 nitrogen and oxygen atoms in total. The van der Waals surface area contributed by atoms with Crippen LogP contribution < -0.4 is 17.0 Å². The normalized spacial score (nSPS) is 15.1. The largest absolute Gasteiger partial charge is 1.00 e. The van der Waals surface area contributed by atoms with E-state index < -0.39 is 4.92 Å². The number of carbonyl (C=O) groups is 2. The van der Waals surface area contributed by atoms with Crippen molar-refractivity contribution in [1.82, 2.24) is 0 Å². The van der Waals surface area contributed by atoms with Gasteiger partial charge in [-0.2, -0.15) is 0 Å². The van der Waals surface area contributed by atoms with Gasteiger partial charge in [-0.05, 0) is 29.5 Å². The molecule has 0 aromatic heterocycles. The Hall–Kier alpha value is -3.56. The van der Waals surface area contributed by atoms with Gasteiger partial charge in [0.1, 0.15) is 25.8 Å². The molecule has 0 aliphatic carbocycles. The number of nitrogens with zero attached hydrogens (tertiary/aromatic N) is 2. The first-order chi connectivity index (χ1) is 17.9. The number of nitro benzene ring substituents is 1. The first kappa shape index (κ1) is 29.0. The summed E-state index contributed by atoms with van der Waals surface area (Å²) < 4.78 is 11.3. The summed E-state index contributed by atoms with van der Waals surface area (Å²) in [6.07, 6.45) is 2.45. The van der Waals surface area contributed by atoms with Gasteiger partial charge in [0, 0.05) is 18.6 Å². The molecule has 1 atom stereocenters. The minimum atomic E-state index is -0.409. The van der Waals surface area contributed by atoms with E-state index in [2.05, 4.69) is 0 Å². The van der Waals surface area contributed by atoms with Crippen molar-refractivity contribution >= 4 is 17.6 Å². The van der Waals surface area contributed by atoms with Gasteiger partial charge in [0.2, 0.25) is 0 Å². The van der Waals surface area contributed by atoms with E-state index in [9.17, 15) is 19.7 Å². The Kier molecular flexibility index (Phi) is 10.6. The molecule has 9 heteroatoms. The molecule has 0 amide bonds. The Morgan fingerprint density at radius 3 is 1.76 bits per heavy atom. The molecule has 1 aliphatic heterocycles. The van der Waals surface area contributed by atoms with Crippen molar-refractivity contribution in [2.24, 2.45) is 0 Å². The molecule has 1 fully saturated rings. The van der Waals surface area contributed by atoms with Crippen molar-refractivity contribution in [3.63, 3.8) is 0 Å². The summed E-state index contributed by atoms with van der Waals surface area (Å²) in [5.41, 5.74) is 2.92. The van der Waals surface area contributed by atoms with Crippen LogP contribution in [-0.2, 0) is 38.7 Å². The number of rotatable bonds is 13. The van der Waals surface area contributed by atoms with Gasteiger partial charge >= 0.3 is 11.9 Å². The Labute approximate surface area is 232 Å². The van der Waals surface area contributed by atoms with Crippen LogP contribution in [0.3, 0.4) is 0 Å². The molecular formula is C29H31BrN2O6. The van der Waals surface area contributed by atoms with Crippen LogP contribution in [0.4, 0.5) is 5.69 Å². The Balaban J connectivity index is 0.00000400. The number of hydrogen-bond donors (Lipinski definition) is 0. The first-order valence-electron chi connectivity index (χ1n) is 12.4. The lowest BCUT2D eigenvalue weighted by molar-refractivity contribution is -0.798. The van der Waals surface area contributed by atoms with Gasteiger partial charge in [0.25, 0.3) is 5.69 Å². The van der Waals surface area contributed by atoms with E-state index in [0.29, 0.717) is 11.0 Å². The van der Waals surface area contributed by atoms with Gasteiger partial charge < -0.3 is 26.5 Å². The number of non-ortho nitro benzene ring substituents is 1. The van der Waals surface area contributed by atoms with E-state index in [1.807, 2.05) is 60.7 Å². The highest BCUT2D eigenvalue weighted by Crippen LogP contribution is 2.35. The lowest BCUT2D eigenvalue weighted by atomic mass is 10.1. The molecular weight excluding hydrogens is 552 g/mol. The van der Waals surface area contributed by atoms with Crippen LogP contribution in [-0.4, -0.2) is 47.0 Å². The molecule has 0 spiro atoms. The van der Waals surface area contributed by atoms with Gasteiger partial charge in [0.05, 0.1) is 4.92 Å². The van der Waals surface area contributed by atoms with Crippen molar-refractivity contribution in [2.45, 2.75) is 38.5 Å². The van der Waals surface area contributed by atoms with Crippen LogP contribution in [0.25, 0.3) is 0 Å². The zero-order valence-electron chi connectivity index (χ0n) is 21.0. The molecule has 0 saturated carbocycles. The number of benzene rings is 3. The summed E-state index contributed by atoms with van der Waals surface area (Å²) in [4.78, 5) is 35.9. The standard InChI is InChI=1S/C29H31N2O6.BrH/c32-28(36-21-24-8-3-1-4-9-24)19-31(20-29(33)37-22-25-10-5-2-6-11-25)18-27(31)13-7-12-23-14-16-26(17-15-23)30(34)35;/h1-6,8-11,14-17,27H,7,12-13,18-22H2;1H/q+1;/p-1. The fourth-order valence-electron chi connectivity index (χ4n) is 4.59. The van der Waals surface area contributed by atoms with Crippen LogP contribution in [0.2, 0.25) is 0 Å². The maximum atomic E-state index is 12.7. The number of halogens is 1. The fourth-order valence-corrected chi connectivity index (χ4v) is 4.59. The maximum Gasteiger partial charge on any atom is 0.362 e. The summed E-state index contributed by atoms with van der Waals surface area (Å²) in [6, 6.07) is 25.7. The first-order valence-corrected chi connectivity index (χ1v) is 12.4. The highest BCUT2D eigenvalue weighted by Gasteiger charge is 2.57. The summed E-state index contributed by atoms with van der Waals surface area (Å²) in [5, 5.41) is 10.9. The number of nitro groups is 1. The third-order valence-electron chi connectivity index (χ3n) is 6.74. The van der Waals surface area contributed by atoms with Gasteiger partial charge in [-0.25, -0.2) is 9.59 Å². The third-order valence-corrected chi connectivity index (χ3v) is 6.74. The van der Waals surface area contributed by atoms with E-state index in [4.69, 9.17) is 9.47 Å². The van der Waals surface area contributed by atoms with E-state index in [0.717, 1.165) is 36.0 Å². The fraction of sp³-hybridized carbons (Fsp3) is 0.310. The topological polar surface area (TPSA) is 95.7 Å². The number of hydrogen-bond acceptors (Lipinski definition) is 6. The quantitative estimate of drug-likeness (QED) is 0.0998. The van der Waals surface area contributed by atoms with Gasteiger partial charge in [-0.1, -0.05) is 72.8 Å². The molecule has 0 radical (unpaired) electrons. The molecule has 200 valence electrons. The minimum Gasteiger partial charge on any atom is -1.00 e. The lowest BCUT2D eigenvalue weighted by Crippen LogP contribution is -3.00. The molecule has 0 N–H and O–H groups in total. The van der Waals surface area contributed by atoms with Gasteiger partial charge in [0.15, 0.2) is 13.1 Å². The Morgan fingerprint density at radius 2 is 1.29 bits per heavy atom. The molecule has 38 heavy (non-hydrogen) atoms. The van der Waals surface area contributed by atoms with Gasteiger partial charge in [-0.15, -0.1) is 0 Å². The van der Waals surface area contributed by atoms with Crippen LogP contribution in [0.1, 0.15) is 29.5 Å². The highest BCUT2D eigenvalue weighted by molar-refractivity contribution is 5.73. The molecule has 1 aliphatic rings. The number of esters is 2. The van der Waals surface area contributed by atoms with Crippen molar-refractivity contribution in [3.8, 4) is 0 Å².